The summed E-state index contributed by atoms with van der Waals surface area (Å²) in [6.45, 7) is 4.32. The Morgan fingerprint density at radius 2 is 1.90 bits per heavy atom. The number of pyridine rings is 1. The summed E-state index contributed by atoms with van der Waals surface area (Å²) in [5, 5.41) is 3.63. The Balaban J connectivity index is 2.10. The molecule has 0 amide bonds. The minimum atomic E-state index is 0.367. The van der Waals surface area contributed by atoms with Crippen LogP contribution in [-0.2, 0) is 0 Å². The number of rotatable bonds is 7. The Morgan fingerprint density at radius 3 is 2.60 bits per heavy atom. The van der Waals surface area contributed by atoms with Crippen LogP contribution in [0.4, 0.5) is 5.69 Å². The maximum atomic E-state index is 4.26. The molecule has 1 unspecified atom stereocenters. The number of aromatic nitrogens is 1. The molecule has 0 fully saturated rings. The maximum absolute atomic E-state index is 4.26. The number of aryl methyl sites for hydroxylation is 1. The van der Waals surface area contributed by atoms with Gasteiger partial charge in [0.05, 0.1) is 11.7 Å². The van der Waals surface area contributed by atoms with E-state index in [4.69, 9.17) is 0 Å². The highest BCUT2D eigenvalue weighted by atomic mass is 14.9. The summed E-state index contributed by atoms with van der Waals surface area (Å²) in [5.41, 5.74) is 3.65. The molecule has 0 aliphatic heterocycles. The predicted molar refractivity (Wildman–Crippen MR) is 85.9 cm³/mol. The number of nitrogens with one attached hydrogen (secondary N) is 1. The van der Waals surface area contributed by atoms with Gasteiger partial charge in [0.1, 0.15) is 0 Å². The van der Waals surface area contributed by atoms with Gasteiger partial charge in [-0.25, -0.2) is 0 Å². The molecular formula is C18H24N2. The van der Waals surface area contributed by atoms with Gasteiger partial charge < -0.3 is 5.32 Å². The van der Waals surface area contributed by atoms with E-state index in [1.165, 1.54) is 30.4 Å². The molecule has 0 saturated carbocycles. The van der Waals surface area contributed by atoms with E-state index in [1.54, 1.807) is 0 Å². The first kappa shape index (κ1) is 14.6. The zero-order chi connectivity index (χ0) is 14.2. The number of hydrogen-bond acceptors (Lipinski definition) is 2. The van der Waals surface area contributed by atoms with Gasteiger partial charge in [0.25, 0.3) is 0 Å². The van der Waals surface area contributed by atoms with E-state index in [9.17, 15) is 0 Å². The van der Waals surface area contributed by atoms with Crippen LogP contribution in [0.15, 0.2) is 48.8 Å². The van der Waals surface area contributed by atoms with Crippen molar-refractivity contribution in [2.24, 2.45) is 0 Å². The molecule has 2 nitrogen and oxygen atoms in total. The molecule has 0 bridgehead atoms. The average Bonchev–Trinajstić information content (AvgIpc) is 2.47. The highest BCUT2D eigenvalue weighted by Gasteiger charge is 2.10. The van der Waals surface area contributed by atoms with Gasteiger partial charge in [0, 0.05) is 12.4 Å². The fourth-order valence-electron chi connectivity index (χ4n) is 2.44. The van der Waals surface area contributed by atoms with Crippen LogP contribution < -0.4 is 5.32 Å². The number of nitrogens with zero attached hydrogens (tertiary/aromatic N) is 1. The molecule has 0 spiro atoms. The zero-order valence-electron chi connectivity index (χ0n) is 12.5. The minimum absolute atomic E-state index is 0.367. The number of benzene rings is 1. The third-order valence-corrected chi connectivity index (χ3v) is 3.51. The average molecular weight is 268 g/mol. The highest BCUT2D eigenvalue weighted by Crippen LogP contribution is 2.24. The molecule has 2 heteroatoms. The molecule has 1 N–H and O–H groups in total. The van der Waals surface area contributed by atoms with Crippen molar-refractivity contribution in [3.63, 3.8) is 0 Å². The van der Waals surface area contributed by atoms with Gasteiger partial charge >= 0.3 is 0 Å². The molecule has 2 rings (SSSR count). The summed E-state index contributed by atoms with van der Waals surface area (Å²) in [6, 6.07) is 13.2. The van der Waals surface area contributed by atoms with Crippen molar-refractivity contribution in [1.29, 1.82) is 0 Å². The molecule has 2 aromatic rings. The van der Waals surface area contributed by atoms with E-state index < -0.39 is 0 Å². The van der Waals surface area contributed by atoms with Crippen LogP contribution in [0, 0.1) is 6.92 Å². The van der Waals surface area contributed by atoms with Gasteiger partial charge in [-0.1, -0.05) is 56.5 Å². The topological polar surface area (TPSA) is 24.9 Å². The van der Waals surface area contributed by atoms with Crippen molar-refractivity contribution < 1.29 is 0 Å². The summed E-state index contributed by atoms with van der Waals surface area (Å²) >= 11 is 0. The summed E-state index contributed by atoms with van der Waals surface area (Å²) in [5.74, 6) is 0. The molecular weight excluding hydrogens is 244 g/mol. The first-order valence-electron chi connectivity index (χ1n) is 7.52. The molecule has 1 aromatic carbocycles. The Labute approximate surface area is 122 Å². The minimum Gasteiger partial charge on any atom is -0.377 e. The molecule has 106 valence electrons. The molecule has 0 aliphatic carbocycles. The Bertz CT molecular complexity index is 508. The van der Waals surface area contributed by atoms with Gasteiger partial charge in [-0.15, -0.1) is 0 Å². The molecule has 0 aliphatic rings. The molecule has 1 heterocycles. The SMILES string of the molecule is CCCCCC(Nc1cncc(C)c1)c1ccccc1. The van der Waals surface area contributed by atoms with Crippen molar-refractivity contribution in [3.8, 4) is 0 Å². The molecule has 0 saturated heterocycles. The van der Waals surface area contributed by atoms with E-state index in [-0.39, 0.29) is 0 Å². The Hall–Kier alpha value is -1.83. The smallest absolute Gasteiger partial charge is 0.0534 e. The second-order valence-corrected chi connectivity index (χ2v) is 5.35. The van der Waals surface area contributed by atoms with E-state index in [2.05, 4.69) is 60.5 Å². The molecule has 1 aromatic heterocycles. The monoisotopic (exact) mass is 268 g/mol. The van der Waals surface area contributed by atoms with Crippen molar-refractivity contribution in [2.75, 3.05) is 5.32 Å². The van der Waals surface area contributed by atoms with Gasteiger partial charge in [0.15, 0.2) is 0 Å². The predicted octanol–water partition coefficient (Wildman–Crippen LogP) is 5.12. The van der Waals surface area contributed by atoms with Crippen molar-refractivity contribution in [3.05, 3.63) is 59.9 Å². The summed E-state index contributed by atoms with van der Waals surface area (Å²) in [4.78, 5) is 4.26. The standard InChI is InChI=1S/C18H24N2/c1-3-4-6-11-18(16-9-7-5-8-10-16)20-17-12-15(2)13-19-14-17/h5,7-10,12-14,18,20H,3-4,6,11H2,1-2H3. The van der Waals surface area contributed by atoms with E-state index in [0.717, 1.165) is 12.1 Å². The van der Waals surface area contributed by atoms with Crippen molar-refractivity contribution in [1.82, 2.24) is 4.98 Å². The fraction of sp³-hybridized carbons (Fsp3) is 0.389. The van der Waals surface area contributed by atoms with Crippen LogP contribution in [0.3, 0.4) is 0 Å². The van der Waals surface area contributed by atoms with Gasteiger partial charge in [-0.2, -0.15) is 0 Å². The van der Waals surface area contributed by atoms with Crippen LogP contribution in [0.2, 0.25) is 0 Å². The Kier molecular flexibility index (Phi) is 5.60. The lowest BCUT2D eigenvalue weighted by Gasteiger charge is -2.20. The first-order chi connectivity index (χ1) is 9.79. The number of unbranched alkanes of at least 4 members (excludes halogenated alkanes) is 2. The van der Waals surface area contributed by atoms with Gasteiger partial charge in [-0.05, 0) is 30.5 Å². The Morgan fingerprint density at radius 1 is 1.10 bits per heavy atom. The van der Waals surface area contributed by atoms with Crippen LogP contribution in [0.25, 0.3) is 0 Å². The van der Waals surface area contributed by atoms with Crippen LogP contribution in [0.1, 0.15) is 49.8 Å². The van der Waals surface area contributed by atoms with E-state index >= 15 is 0 Å². The first-order valence-corrected chi connectivity index (χ1v) is 7.52. The summed E-state index contributed by atoms with van der Waals surface area (Å²) in [6.07, 6.45) is 8.75. The largest absolute Gasteiger partial charge is 0.377 e. The lowest BCUT2D eigenvalue weighted by molar-refractivity contribution is 0.606. The van der Waals surface area contributed by atoms with E-state index in [0.29, 0.717) is 6.04 Å². The second-order valence-electron chi connectivity index (χ2n) is 5.35. The van der Waals surface area contributed by atoms with Gasteiger partial charge in [0.2, 0.25) is 0 Å². The number of anilines is 1. The molecule has 1 atom stereocenters. The third-order valence-electron chi connectivity index (χ3n) is 3.51. The van der Waals surface area contributed by atoms with Crippen molar-refractivity contribution in [2.45, 2.75) is 45.6 Å². The normalized spacial score (nSPS) is 12.1. The van der Waals surface area contributed by atoms with Crippen LogP contribution in [0.5, 0.6) is 0 Å². The third kappa shape index (κ3) is 4.37. The maximum Gasteiger partial charge on any atom is 0.0534 e. The molecule has 20 heavy (non-hydrogen) atoms. The van der Waals surface area contributed by atoms with Crippen molar-refractivity contribution >= 4 is 5.69 Å². The lowest BCUT2D eigenvalue weighted by atomic mass is 10.00. The zero-order valence-corrected chi connectivity index (χ0v) is 12.5. The van der Waals surface area contributed by atoms with Gasteiger partial charge in [-0.3, -0.25) is 4.98 Å². The summed E-state index contributed by atoms with van der Waals surface area (Å²) in [7, 11) is 0. The second kappa shape index (κ2) is 7.68. The molecule has 0 radical (unpaired) electrons. The highest BCUT2D eigenvalue weighted by molar-refractivity contribution is 5.45. The quantitative estimate of drug-likeness (QED) is 0.705. The fourth-order valence-corrected chi connectivity index (χ4v) is 2.44. The lowest BCUT2D eigenvalue weighted by Crippen LogP contribution is -2.11. The van der Waals surface area contributed by atoms with Crippen LogP contribution >= 0.6 is 0 Å². The summed E-state index contributed by atoms with van der Waals surface area (Å²) < 4.78 is 0. The van der Waals surface area contributed by atoms with Crippen LogP contribution in [-0.4, -0.2) is 4.98 Å². The number of hydrogen-bond donors (Lipinski definition) is 1. The van der Waals surface area contributed by atoms with E-state index in [1.807, 2.05) is 12.4 Å².